The van der Waals surface area contributed by atoms with Gasteiger partial charge >= 0.3 is 0 Å². The van der Waals surface area contributed by atoms with Gasteiger partial charge in [0.25, 0.3) is 0 Å². The molecule has 2 atom stereocenters. The zero-order chi connectivity index (χ0) is 15.3. The topological polar surface area (TPSA) is 50.7 Å². The minimum atomic E-state index is -0.574. The Hall–Kier alpha value is -0.680. The number of alkyl halides is 2. The molecule has 0 heterocycles. The predicted octanol–water partition coefficient (Wildman–Crippen LogP) is 2.61. The standard InChI is InChI=1S/C15H21Cl2NO3/c1-2-20-13-3-5-14(6-4-13)21-10-12(19)9-18-8-11-7-15(11,16)17/h3-6,11-12,18-19H,2,7-10H2,1H3/t11-,12+/m0/s1. The molecule has 0 radical (unpaired) electrons. The van der Waals surface area contributed by atoms with Crippen LogP contribution in [-0.4, -0.2) is 41.8 Å². The summed E-state index contributed by atoms with van der Waals surface area (Å²) in [6.45, 7) is 3.98. The normalized spacial score (nSPS) is 20.9. The third-order valence-electron chi connectivity index (χ3n) is 3.30. The summed E-state index contributed by atoms with van der Waals surface area (Å²) in [4.78, 5) is 0. The molecular weight excluding hydrogens is 313 g/mol. The third kappa shape index (κ3) is 5.55. The van der Waals surface area contributed by atoms with Crippen molar-refractivity contribution in [2.75, 3.05) is 26.3 Å². The number of aliphatic hydroxyl groups excluding tert-OH is 1. The molecule has 0 amide bonds. The first-order valence-electron chi connectivity index (χ1n) is 7.13. The molecule has 0 spiro atoms. The molecule has 1 aliphatic rings. The molecule has 118 valence electrons. The lowest BCUT2D eigenvalue weighted by atomic mass is 10.3. The summed E-state index contributed by atoms with van der Waals surface area (Å²) in [6, 6.07) is 7.34. The predicted molar refractivity (Wildman–Crippen MR) is 84.5 cm³/mol. The highest BCUT2D eigenvalue weighted by Gasteiger charge is 2.50. The fraction of sp³-hybridized carbons (Fsp3) is 0.600. The van der Waals surface area contributed by atoms with Crippen molar-refractivity contribution < 1.29 is 14.6 Å². The number of halogens is 2. The summed E-state index contributed by atoms with van der Waals surface area (Å²) >= 11 is 11.9. The van der Waals surface area contributed by atoms with E-state index >= 15 is 0 Å². The minimum absolute atomic E-state index is 0.235. The zero-order valence-corrected chi connectivity index (χ0v) is 13.5. The van der Waals surface area contributed by atoms with Crippen LogP contribution >= 0.6 is 23.2 Å². The summed E-state index contributed by atoms with van der Waals surface area (Å²) in [6.07, 6.45) is 0.234. The number of hydrogen-bond donors (Lipinski definition) is 2. The van der Waals surface area contributed by atoms with Gasteiger partial charge in [-0.2, -0.15) is 0 Å². The van der Waals surface area contributed by atoms with E-state index in [1.165, 1.54) is 0 Å². The van der Waals surface area contributed by atoms with Crippen LogP contribution in [0.2, 0.25) is 0 Å². The quantitative estimate of drug-likeness (QED) is 0.682. The Morgan fingerprint density at radius 3 is 2.38 bits per heavy atom. The fourth-order valence-corrected chi connectivity index (χ4v) is 2.49. The van der Waals surface area contributed by atoms with Crippen LogP contribution in [0, 0.1) is 5.92 Å². The first-order valence-corrected chi connectivity index (χ1v) is 7.89. The van der Waals surface area contributed by atoms with Gasteiger partial charge in [0.1, 0.15) is 28.5 Å². The van der Waals surface area contributed by atoms with Gasteiger partial charge in [-0.05, 0) is 37.6 Å². The van der Waals surface area contributed by atoms with Crippen molar-refractivity contribution >= 4 is 23.2 Å². The molecule has 1 saturated carbocycles. The van der Waals surface area contributed by atoms with Crippen LogP contribution in [0.15, 0.2) is 24.3 Å². The Morgan fingerprint density at radius 1 is 1.29 bits per heavy atom. The summed E-state index contributed by atoms with van der Waals surface area (Å²) in [5, 5.41) is 13.0. The van der Waals surface area contributed by atoms with E-state index in [1.807, 2.05) is 31.2 Å². The van der Waals surface area contributed by atoms with E-state index in [-0.39, 0.29) is 12.5 Å². The van der Waals surface area contributed by atoms with Gasteiger partial charge in [-0.15, -0.1) is 23.2 Å². The molecule has 1 aliphatic carbocycles. The average Bonchev–Trinajstić information content (AvgIpc) is 3.06. The van der Waals surface area contributed by atoms with Crippen LogP contribution in [0.4, 0.5) is 0 Å². The van der Waals surface area contributed by atoms with Crippen molar-refractivity contribution in [3.05, 3.63) is 24.3 Å². The maximum Gasteiger partial charge on any atom is 0.122 e. The SMILES string of the molecule is CCOc1ccc(OC[C@H](O)CNC[C@@H]2CC2(Cl)Cl)cc1. The molecule has 0 unspecified atom stereocenters. The Bertz CT molecular complexity index is 439. The monoisotopic (exact) mass is 333 g/mol. The average molecular weight is 334 g/mol. The van der Waals surface area contributed by atoms with E-state index in [4.69, 9.17) is 32.7 Å². The van der Waals surface area contributed by atoms with Crippen molar-refractivity contribution in [2.45, 2.75) is 23.8 Å². The van der Waals surface area contributed by atoms with Crippen molar-refractivity contribution in [3.8, 4) is 11.5 Å². The van der Waals surface area contributed by atoms with E-state index in [2.05, 4.69) is 5.32 Å². The molecule has 1 aromatic rings. The van der Waals surface area contributed by atoms with Crippen molar-refractivity contribution in [2.24, 2.45) is 5.92 Å². The van der Waals surface area contributed by atoms with Gasteiger partial charge in [0, 0.05) is 19.0 Å². The Labute approximate surface area is 135 Å². The molecular formula is C15H21Cl2NO3. The third-order valence-corrected chi connectivity index (χ3v) is 4.23. The lowest BCUT2D eigenvalue weighted by Crippen LogP contribution is -2.33. The van der Waals surface area contributed by atoms with Gasteiger partial charge in [-0.1, -0.05) is 0 Å². The van der Waals surface area contributed by atoms with Crippen molar-refractivity contribution in [1.82, 2.24) is 5.32 Å². The molecule has 0 aliphatic heterocycles. The van der Waals surface area contributed by atoms with Crippen LogP contribution in [0.5, 0.6) is 11.5 Å². The van der Waals surface area contributed by atoms with E-state index < -0.39 is 10.4 Å². The Morgan fingerprint density at radius 2 is 1.86 bits per heavy atom. The molecule has 0 bridgehead atoms. The molecule has 0 saturated heterocycles. The second kappa shape index (κ2) is 7.54. The van der Waals surface area contributed by atoms with Crippen molar-refractivity contribution in [1.29, 1.82) is 0 Å². The second-order valence-corrected chi connectivity index (χ2v) is 6.73. The highest BCUT2D eigenvalue weighted by molar-refractivity contribution is 6.50. The number of nitrogens with one attached hydrogen (secondary N) is 1. The first-order chi connectivity index (χ1) is 10.0. The number of hydrogen-bond acceptors (Lipinski definition) is 4. The van der Waals surface area contributed by atoms with Crippen LogP contribution < -0.4 is 14.8 Å². The molecule has 0 aromatic heterocycles. The molecule has 1 aromatic carbocycles. The molecule has 2 rings (SSSR count). The summed E-state index contributed by atoms with van der Waals surface area (Å²) in [7, 11) is 0. The van der Waals surface area contributed by atoms with Crippen molar-refractivity contribution in [3.63, 3.8) is 0 Å². The highest BCUT2D eigenvalue weighted by atomic mass is 35.5. The zero-order valence-electron chi connectivity index (χ0n) is 12.0. The number of rotatable bonds is 9. The Kier molecular flexibility index (Phi) is 5.99. The maximum atomic E-state index is 9.83. The van der Waals surface area contributed by atoms with Crippen LogP contribution in [0.25, 0.3) is 0 Å². The van der Waals surface area contributed by atoms with Gasteiger partial charge in [0.05, 0.1) is 6.61 Å². The fourth-order valence-electron chi connectivity index (χ4n) is 1.97. The summed E-state index contributed by atoms with van der Waals surface area (Å²) in [5.74, 6) is 1.79. The lowest BCUT2D eigenvalue weighted by molar-refractivity contribution is 0.106. The van der Waals surface area contributed by atoms with E-state index in [0.29, 0.717) is 25.4 Å². The van der Waals surface area contributed by atoms with Gasteiger partial charge in [0.15, 0.2) is 0 Å². The molecule has 6 heteroatoms. The first kappa shape index (κ1) is 16.7. The molecule has 21 heavy (non-hydrogen) atoms. The van der Waals surface area contributed by atoms with Gasteiger partial charge in [-0.25, -0.2) is 0 Å². The highest BCUT2D eigenvalue weighted by Crippen LogP contribution is 2.52. The van der Waals surface area contributed by atoms with Gasteiger partial charge in [-0.3, -0.25) is 0 Å². The Balaban J connectivity index is 1.60. The maximum absolute atomic E-state index is 9.83. The summed E-state index contributed by atoms with van der Waals surface area (Å²) in [5.41, 5.74) is 0. The summed E-state index contributed by atoms with van der Waals surface area (Å²) < 4.78 is 10.3. The molecule has 4 nitrogen and oxygen atoms in total. The van der Waals surface area contributed by atoms with E-state index in [0.717, 1.165) is 12.2 Å². The van der Waals surface area contributed by atoms with E-state index in [1.54, 1.807) is 0 Å². The number of aliphatic hydroxyl groups is 1. The second-order valence-electron chi connectivity index (χ2n) is 5.19. The molecule has 1 fully saturated rings. The van der Waals surface area contributed by atoms with Crippen LogP contribution in [-0.2, 0) is 0 Å². The smallest absolute Gasteiger partial charge is 0.122 e. The number of ether oxygens (including phenoxy) is 2. The molecule has 2 N–H and O–H groups in total. The largest absolute Gasteiger partial charge is 0.494 e. The van der Waals surface area contributed by atoms with Crippen LogP contribution in [0.3, 0.4) is 0 Å². The lowest BCUT2D eigenvalue weighted by Gasteiger charge is -2.13. The minimum Gasteiger partial charge on any atom is -0.494 e. The van der Waals surface area contributed by atoms with Crippen LogP contribution in [0.1, 0.15) is 13.3 Å². The van der Waals surface area contributed by atoms with Gasteiger partial charge < -0.3 is 19.9 Å². The van der Waals surface area contributed by atoms with E-state index in [9.17, 15) is 5.11 Å². The van der Waals surface area contributed by atoms with Gasteiger partial charge in [0.2, 0.25) is 0 Å². The number of benzene rings is 1.